The molecule has 0 aromatic heterocycles. The van der Waals surface area contributed by atoms with E-state index in [1.807, 2.05) is 38.3 Å². The summed E-state index contributed by atoms with van der Waals surface area (Å²) >= 11 is 1.55. The van der Waals surface area contributed by atoms with Crippen molar-refractivity contribution in [2.75, 3.05) is 12.3 Å². The summed E-state index contributed by atoms with van der Waals surface area (Å²) in [6, 6.07) is 5.08. The van der Waals surface area contributed by atoms with Crippen LogP contribution in [0.25, 0.3) is 5.57 Å². The molecule has 3 nitrogen and oxygen atoms in total. The Kier molecular flexibility index (Phi) is 4.01. The number of allylic oxidation sites excluding steroid dienone is 2. The topological polar surface area (TPSA) is 24.8 Å². The van der Waals surface area contributed by atoms with Gasteiger partial charge in [0.15, 0.2) is 11.6 Å². The molecule has 1 aromatic rings. The lowest BCUT2D eigenvalue weighted by atomic mass is 10.0. The largest absolute Gasteiger partial charge is 0.488 e. The normalized spacial score (nSPS) is 17.4. The second-order valence-corrected chi connectivity index (χ2v) is 6.02. The van der Waals surface area contributed by atoms with Gasteiger partial charge in [0, 0.05) is 24.1 Å². The van der Waals surface area contributed by atoms with Crippen LogP contribution in [0, 0.1) is 5.82 Å². The summed E-state index contributed by atoms with van der Waals surface area (Å²) in [6.45, 7) is 4.69. The van der Waals surface area contributed by atoms with Crippen molar-refractivity contribution in [1.29, 1.82) is 0 Å². The van der Waals surface area contributed by atoms with Gasteiger partial charge in [-0.05, 0) is 55.6 Å². The fourth-order valence-corrected chi connectivity index (χ4v) is 3.01. The molecule has 2 aliphatic heterocycles. The highest BCUT2D eigenvalue weighted by Crippen LogP contribution is 2.29. The summed E-state index contributed by atoms with van der Waals surface area (Å²) in [5, 5.41) is 0. The van der Waals surface area contributed by atoms with Crippen molar-refractivity contribution < 1.29 is 9.13 Å². The fraction of sp³-hybridized carbons (Fsp3) is 0.312. The number of hydrogen-bond acceptors (Lipinski definition) is 4. The van der Waals surface area contributed by atoms with Crippen molar-refractivity contribution >= 4 is 23.4 Å². The van der Waals surface area contributed by atoms with Crippen molar-refractivity contribution in [2.24, 2.45) is 4.40 Å². The molecule has 3 rings (SSSR count). The van der Waals surface area contributed by atoms with Crippen LogP contribution in [0.5, 0.6) is 5.75 Å². The second kappa shape index (κ2) is 5.93. The average Bonchev–Trinajstić information content (AvgIpc) is 2.48. The second-order valence-electron chi connectivity index (χ2n) is 5.18. The van der Waals surface area contributed by atoms with E-state index in [-0.39, 0.29) is 17.7 Å². The molecule has 2 aliphatic rings. The van der Waals surface area contributed by atoms with E-state index in [2.05, 4.69) is 9.30 Å². The third kappa shape index (κ3) is 2.97. The fourth-order valence-electron chi connectivity index (χ4n) is 2.31. The van der Waals surface area contributed by atoms with Crippen LogP contribution < -0.4 is 4.74 Å². The molecule has 5 heteroatoms. The van der Waals surface area contributed by atoms with Gasteiger partial charge in [0.25, 0.3) is 0 Å². The molecule has 0 bridgehead atoms. The highest BCUT2D eigenvalue weighted by Gasteiger charge is 2.22. The first-order chi connectivity index (χ1) is 10.1. The first kappa shape index (κ1) is 14.2. The Hall–Kier alpha value is -1.75. The highest BCUT2D eigenvalue weighted by atomic mass is 32.2. The number of rotatable bonds is 3. The van der Waals surface area contributed by atoms with Crippen LogP contribution >= 0.6 is 11.9 Å². The van der Waals surface area contributed by atoms with E-state index in [9.17, 15) is 4.39 Å². The number of ether oxygens (including phenoxy) is 1. The summed E-state index contributed by atoms with van der Waals surface area (Å²) in [7, 11) is 0. The SMILES string of the molecule is CC(C)Oc1ccc(C2=CC=CN3CCSN=C23)cc1F. The van der Waals surface area contributed by atoms with Gasteiger partial charge in [-0.25, -0.2) is 4.39 Å². The Labute approximate surface area is 128 Å². The quantitative estimate of drug-likeness (QED) is 0.792. The van der Waals surface area contributed by atoms with Crippen molar-refractivity contribution in [3.63, 3.8) is 0 Å². The molecule has 0 radical (unpaired) electrons. The number of nitrogens with zero attached hydrogens (tertiary/aromatic N) is 2. The van der Waals surface area contributed by atoms with Gasteiger partial charge in [-0.2, -0.15) is 4.40 Å². The number of fused-ring (bicyclic) bond motifs is 1. The van der Waals surface area contributed by atoms with Crippen LogP contribution in [-0.4, -0.2) is 29.1 Å². The average molecular weight is 304 g/mol. The van der Waals surface area contributed by atoms with Gasteiger partial charge >= 0.3 is 0 Å². The minimum Gasteiger partial charge on any atom is -0.488 e. The minimum absolute atomic E-state index is 0.0446. The summed E-state index contributed by atoms with van der Waals surface area (Å²) in [4.78, 5) is 2.10. The van der Waals surface area contributed by atoms with Gasteiger partial charge < -0.3 is 9.64 Å². The predicted octanol–water partition coefficient (Wildman–Crippen LogP) is 3.89. The molecule has 110 valence electrons. The molecule has 0 atom stereocenters. The van der Waals surface area contributed by atoms with E-state index in [0.717, 1.165) is 29.3 Å². The smallest absolute Gasteiger partial charge is 0.165 e. The van der Waals surface area contributed by atoms with E-state index < -0.39 is 0 Å². The third-order valence-corrected chi connectivity index (χ3v) is 3.89. The predicted molar refractivity (Wildman–Crippen MR) is 85.9 cm³/mol. The molecule has 0 unspecified atom stereocenters. The van der Waals surface area contributed by atoms with Gasteiger partial charge in [0.2, 0.25) is 0 Å². The first-order valence-corrected chi connectivity index (χ1v) is 7.91. The first-order valence-electron chi connectivity index (χ1n) is 6.97. The monoisotopic (exact) mass is 304 g/mol. The standard InChI is InChI=1S/C16H17FN2OS/c1-11(2)20-15-6-5-12(10-14(15)17)13-4-3-7-19-8-9-21-18-16(13)19/h3-7,10-11H,8-9H2,1-2H3. The molecular weight excluding hydrogens is 287 g/mol. The molecule has 0 saturated heterocycles. The lowest BCUT2D eigenvalue weighted by Crippen LogP contribution is -2.32. The number of amidine groups is 1. The summed E-state index contributed by atoms with van der Waals surface area (Å²) in [6.07, 6.45) is 5.91. The third-order valence-electron chi connectivity index (χ3n) is 3.22. The number of halogens is 1. The zero-order chi connectivity index (χ0) is 14.8. The maximum absolute atomic E-state index is 14.2. The number of hydrogen-bond donors (Lipinski definition) is 0. The van der Waals surface area contributed by atoms with E-state index >= 15 is 0 Å². The highest BCUT2D eigenvalue weighted by molar-refractivity contribution is 7.98. The Morgan fingerprint density at radius 1 is 1.38 bits per heavy atom. The Morgan fingerprint density at radius 2 is 2.24 bits per heavy atom. The molecule has 1 aromatic carbocycles. The lowest BCUT2D eigenvalue weighted by Gasteiger charge is -2.29. The van der Waals surface area contributed by atoms with Crippen LogP contribution in [-0.2, 0) is 0 Å². The molecule has 21 heavy (non-hydrogen) atoms. The Bertz CT molecular complexity index is 637. The van der Waals surface area contributed by atoms with Crippen LogP contribution in [0.15, 0.2) is 40.9 Å². The van der Waals surface area contributed by atoms with Crippen molar-refractivity contribution in [3.8, 4) is 5.75 Å². The maximum atomic E-state index is 14.2. The lowest BCUT2D eigenvalue weighted by molar-refractivity contribution is 0.231. The van der Waals surface area contributed by atoms with Gasteiger partial charge in [-0.15, -0.1) is 0 Å². The van der Waals surface area contributed by atoms with Crippen LogP contribution in [0.2, 0.25) is 0 Å². The minimum atomic E-state index is -0.340. The molecule has 0 spiro atoms. The zero-order valence-electron chi connectivity index (χ0n) is 12.0. The molecule has 0 saturated carbocycles. The Morgan fingerprint density at radius 3 is 3.00 bits per heavy atom. The molecule has 2 heterocycles. The van der Waals surface area contributed by atoms with Crippen molar-refractivity contribution in [1.82, 2.24) is 4.90 Å². The van der Waals surface area contributed by atoms with Gasteiger partial charge in [0.05, 0.1) is 6.10 Å². The van der Waals surface area contributed by atoms with E-state index in [1.165, 1.54) is 6.07 Å². The van der Waals surface area contributed by atoms with Gasteiger partial charge in [0.1, 0.15) is 5.84 Å². The maximum Gasteiger partial charge on any atom is 0.165 e. The van der Waals surface area contributed by atoms with Crippen LogP contribution in [0.4, 0.5) is 4.39 Å². The van der Waals surface area contributed by atoms with Crippen LogP contribution in [0.1, 0.15) is 19.4 Å². The molecular formula is C16H17FN2OS. The van der Waals surface area contributed by atoms with Crippen molar-refractivity contribution in [2.45, 2.75) is 20.0 Å². The molecule has 0 fully saturated rings. The van der Waals surface area contributed by atoms with Gasteiger partial charge in [-0.3, -0.25) is 0 Å². The summed E-state index contributed by atoms with van der Waals surface area (Å²) in [5.74, 6) is 1.81. The van der Waals surface area contributed by atoms with Crippen molar-refractivity contribution in [3.05, 3.63) is 47.9 Å². The summed E-state index contributed by atoms with van der Waals surface area (Å²) in [5.41, 5.74) is 1.76. The van der Waals surface area contributed by atoms with E-state index in [4.69, 9.17) is 4.74 Å². The summed E-state index contributed by atoms with van der Waals surface area (Å²) < 4.78 is 24.1. The number of benzene rings is 1. The van der Waals surface area contributed by atoms with Crippen LogP contribution in [0.3, 0.4) is 0 Å². The molecule has 0 aliphatic carbocycles. The Balaban J connectivity index is 1.93. The molecule has 0 N–H and O–H groups in total. The van der Waals surface area contributed by atoms with Gasteiger partial charge in [-0.1, -0.05) is 6.07 Å². The zero-order valence-corrected chi connectivity index (χ0v) is 12.9. The molecule has 0 amide bonds. The van der Waals surface area contributed by atoms with E-state index in [1.54, 1.807) is 18.0 Å². The van der Waals surface area contributed by atoms with E-state index in [0.29, 0.717) is 0 Å².